The largest absolute Gasteiger partial charge is 0.391 e. The van der Waals surface area contributed by atoms with Crippen molar-refractivity contribution in [3.63, 3.8) is 0 Å². The molecule has 0 unspecified atom stereocenters. The molecule has 1 aliphatic carbocycles. The van der Waals surface area contributed by atoms with Crippen molar-refractivity contribution in [1.82, 2.24) is 5.32 Å². The molecule has 1 rings (SSSR count). The van der Waals surface area contributed by atoms with E-state index in [-0.39, 0.29) is 18.9 Å². The van der Waals surface area contributed by atoms with E-state index in [1.165, 1.54) is 0 Å². The molecule has 0 aromatic carbocycles. The number of halogens is 3. The standard InChI is InChI=1S/C10H18F3N/c1-3-8(4-2)14-9-5-7(6-9)10(11,12)13/h7-9,14H,3-6H2,1-2H3. The molecule has 0 aliphatic heterocycles. The molecule has 0 aromatic rings. The molecule has 4 heteroatoms. The maximum absolute atomic E-state index is 12.1. The lowest BCUT2D eigenvalue weighted by molar-refractivity contribution is -0.199. The Bertz CT molecular complexity index is 169. The van der Waals surface area contributed by atoms with Gasteiger partial charge in [-0.25, -0.2) is 0 Å². The van der Waals surface area contributed by atoms with Crippen LogP contribution in [0.1, 0.15) is 39.5 Å². The van der Waals surface area contributed by atoms with E-state index in [4.69, 9.17) is 0 Å². The third-order valence-electron chi connectivity index (χ3n) is 3.06. The summed E-state index contributed by atoms with van der Waals surface area (Å²) in [5, 5.41) is 3.25. The molecule has 1 nitrogen and oxygen atoms in total. The van der Waals surface area contributed by atoms with Crippen LogP contribution in [0, 0.1) is 5.92 Å². The maximum Gasteiger partial charge on any atom is 0.391 e. The number of hydrogen-bond acceptors (Lipinski definition) is 1. The van der Waals surface area contributed by atoms with Crippen molar-refractivity contribution in [1.29, 1.82) is 0 Å². The Labute approximate surface area is 83.1 Å². The van der Waals surface area contributed by atoms with Crippen LogP contribution >= 0.6 is 0 Å². The van der Waals surface area contributed by atoms with Gasteiger partial charge in [-0.3, -0.25) is 0 Å². The molecule has 1 fully saturated rings. The molecule has 0 aromatic heterocycles. The zero-order valence-corrected chi connectivity index (χ0v) is 8.69. The molecule has 0 bridgehead atoms. The molecular weight excluding hydrogens is 191 g/mol. The summed E-state index contributed by atoms with van der Waals surface area (Å²) < 4.78 is 36.4. The van der Waals surface area contributed by atoms with Crippen LogP contribution in [0.25, 0.3) is 0 Å². The van der Waals surface area contributed by atoms with Crippen LogP contribution < -0.4 is 5.32 Å². The van der Waals surface area contributed by atoms with Crippen molar-refractivity contribution in [3.8, 4) is 0 Å². The lowest BCUT2D eigenvalue weighted by Gasteiger charge is -2.39. The molecule has 0 heterocycles. The highest BCUT2D eigenvalue weighted by molar-refractivity contribution is 4.90. The van der Waals surface area contributed by atoms with Crippen LogP contribution in [-0.2, 0) is 0 Å². The second kappa shape index (κ2) is 4.51. The number of hydrogen-bond donors (Lipinski definition) is 1. The predicted octanol–water partition coefficient (Wildman–Crippen LogP) is 3.11. The predicted molar refractivity (Wildman–Crippen MR) is 50.1 cm³/mol. The van der Waals surface area contributed by atoms with Crippen LogP contribution in [0.4, 0.5) is 13.2 Å². The highest BCUT2D eigenvalue weighted by atomic mass is 19.4. The highest BCUT2D eigenvalue weighted by Crippen LogP contribution is 2.41. The zero-order valence-electron chi connectivity index (χ0n) is 8.69. The Morgan fingerprint density at radius 1 is 1.21 bits per heavy atom. The van der Waals surface area contributed by atoms with Gasteiger partial charge in [0.2, 0.25) is 0 Å². The molecule has 84 valence electrons. The fraction of sp³-hybridized carbons (Fsp3) is 1.00. The topological polar surface area (TPSA) is 12.0 Å². The summed E-state index contributed by atoms with van der Waals surface area (Å²) in [7, 11) is 0. The van der Waals surface area contributed by atoms with E-state index in [1.807, 2.05) is 0 Å². The quantitative estimate of drug-likeness (QED) is 0.750. The first-order valence-electron chi connectivity index (χ1n) is 5.30. The summed E-state index contributed by atoms with van der Waals surface area (Å²) in [5.41, 5.74) is 0. The fourth-order valence-electron chi connectivity index (χ4n) is 1.88. The summed E-state index contributed by atoms with van der Waals surface area (Å²) in [4.78, 5) is 0. The minimum absolute atomic E-state index is 0.0894. The number of alkyl halides is 3. The van der Waals surface area contributed by atoms with Gasteiger partial charge in [0.15, 0.2) is 0 Å². The maximum atomic E-state index is 12.1. The Balaban J connectivity index is 2.21. The van der Waals surface area contributed by atoms with Gasteiger partial charge in [0.05, 0.1) is 5.92 Å². The van der Waals surface area contributed by atoms with Gasteiger partial charge in [0.1, 0.15) is 0 Å². The second-order valence-electron chi connectivity index (χ2n) is 4.09. The Kier molecular flexibility index (Phi) is 3.81. The molecule has 1 saturated carbocycles. The number of rotatable bonds is 4. The van der Waals surface area contributed by atoms with Crippen molar-refractivity contribution in [2.45, 2.75) is 57.8 Å². The van der Waals surface area contributed by atoms with Crippen molar-refractivity contribution < 1.29 is 13.2 Å². The molecule has 1 aliphatic rings. The average Bonchev–Trinajstić information content (AvgIpc) is 2.00. The fourth-order valence-corrected chi connectivity index (χ4v) is 1.88. The molecule has 0 amide bonds. The van der Waals surface area contributed by atoms with Crippen molar-refractivity contribution in [2.24, 2.45) is 5.92 Å². The molecule has 0 radical (unpaired) electrons. The summed E-state index contributed by atoms with van der Waals surface area (Å²) >= 11 is 0. The Morgan fingerprint density at radius 3 is 2.07 bits per heavy atom. The monoisotopic (exact) mass is 209 g/mol. The van der Waals surface area contributed by atoms with Crippen molar-refractivity contribution >= 4 is 0 Å². The van der Waals surface area contributed by atoms with Crippen LogP contribution in [0.5, 0.6) is 0 Å². The zero-order chi connectivity index (χ0) is 10.8. The van der Waals surface area contributed by atoms with Gasteiger partial charge in [-0.15, -0.1) is 0 Å². The minimum Gasteiger partial charge on any atom is -0.311 e. The van der Waals surface area contributed by atoms with E-state index >= 15 is 0 Å². The van der Waals surface area contributed by atoms with Gasteiger partial charge in [-0.2, -0.15) is 13.2 Å². The van der Waals surface area contributed by atoms with Crippen LogP contribution in [-0.4, -0.2) is 18.3 Å². The first-order valence-corrected chi connectivity index (χ1v) is 5.30. The average molecular weight is 209 g/mol. The van der Waals surface area contributed by atoms with Gasteiger partial charge in [0, 0.05) is 12.1 Å². The SMILES string of the molecule is CCC(CC)NC1CC(C(F)(F)F)C1. The minimum atomic E-state index is -3.98. The van der Waals surface area contributed by atoms with Gasteiger partial charge in [-0.1, -0.05) is 13.8 Å². The smallest absolute Gasteiger partial charge is 0.311 e. The lowest BCUT2D eigenvalue weighted by atomic mass is 9.79. The third-order valence-corrected chi connectivity index (χ3v) is 3.06. The van der Waals surface area contributed by atoms with Gasteiger partial charge in [0.25, 0.3) is 0 Å². The highest BCUT2D eigenvalue weighted by Gasteiger charge is 2.47. The van der Waals surface area contributed by atoms with Gasteiger partial charge < -0.3 is 5.32 Å². The van der Waals surface area contributed by atoms with E-state index in [0.29, 0.717) is 6.04 Å². The molecule has 0 spiro atoms. The summed E-state index contributed by atoms with van der Waals surface area (Å²) in [6.07, 6.45) is -1.47. The van der Waals surface area contributed by atoms with Crippen molar-refractivity contribution in [2.75, 3.05) is 0 Å². The van der Waals surface area contributed by atoms with E-state index in [9.17, 15) is 13.2 Å². The molecule has 0 atom stereocenters. The second-order valence-corrected chi connectivity index (χ2v) is 4.09. The van der Waals surface area contributed by atoms with E-state index in [0.717, 1.165) is 12.8 Å². The van der Waals surface area contributed by atoms with E-state index in [1.54, 1.807) is 0 Å². The Hall–Kier alpha value is -0.250. The molecular formula is C10H18F3N. The lowest BCUT2D eigenvalue weighted by Crippen LogP contribution is -2.50. The third kappa shape index (κ3) is 2.87. The molecule has 1 N–H and O–H groups in total. The van der Waals surface area contributed by atoms with Crippen LogP contribution in [0.3, 0.4) is 0 Å². The molecule has 14 heavy (non-hydrogen) atoms. The normalized spacial score (nSPS) is 27.9. The summed E-state index contributed by atoms with van der Waals surface area (Å²) in [5.74, 6) is -1.06. The first kappa shape index (κ1) is 11.8. The van der Waals surface area contributed by atoms with Gasteiger partial charge in [-0.05, 0) is 25.7 Å². The summed E-state index contributed by atoms with van der Waals surface area (Å²) in [6, 6.07) is 0.473. The van der Waals surface area contributed by atoms with E-state index < -0.39 is 12.1 Å². The van der Waals surface area contributed by atoms with Crippen LogP contribution in [0.2, 0.25) is 0 Å². The Morgan fingerprint density at radius 2 is 1.71 bits per heavy atom. The summed E-state index contributed by atoms with van der Waals surface area (Å²) in [6.45, 7) is 4.11. The van der Waals surface area contributed by atoms with Crippen LogP contribution in [0.15, 0.2) is 0 Å². The van der Waals surface area contributed by atoms with Gasteiger partial charge >= 0.3 is 6.18 Å². The molecule has 0 saturated heterocycles. The van der Waals surface area contributed by atoms with Crippen molar-refractivity contribution in [3.05, 3.63) is 0 Å². The number of nitrogens with one attached hydrogen (secondary N) is 1. The first-order chi connectivity index (χ1) is 6.47. The van der Waals surface area contributed by atoms with E-state index in [2.05, 4.69) is 19.2 Å².